The lowest BCUT2D eigenvalue weighted by Gasteiger charge is -2.30. The highest BCUT2D eigenvalue weighted by molar-refractivity contribution is 5.51. The fourth-order valence-corrected chi connectivity index (χ4v) is 2.76. The lowest BCUT2D eigenvalue weighted by atomic mass is 10.1. The number of aryl methyl sites for hydroxylation is 1. The van der Waals surface area contributed by atoms with Crippen LogP contribution in [0.4, 0.5) is 5.95 Å². The number of rotatable bonds is 3. The Hall–Kier alpha value is -2.15. The topological polar surface area (TPSA) is 71.8 Å². The molecule has 1 unspecified atom stereocenters. The number of pyridine rings is 1. The SMILES string of the molecule is CC.CC(C)(C)OC=O.Cc1cccn2c(NC3CCCN(C)C3)nnc12. The van der Waals surface area contributed by atoms with Gasteiger partial charge in [0.1, 0.15) is 5.60 Å². The van der Waals surface area contributed by atoms with Gasteiger partial charge in [-0.3, -0.25) is 9.20 Å². The molecule has 0 aliphatic carbocycles. The summed E-state index contributed by atoms with van der Waals surface area (Å²) in [5.74, 6) is 0.856. The van der Waals surface area contributed by atoms with E-state index < -0.39 is 0 Å². The normalized spacial score (nSPS) is 17.2. The summed E-state index contributed by atoms with van der Waals surface area (Å²) in [4.78, 5) is 12.0. The molecule has 0 amide bonds. The molecule has 7 heteroatoms. The van der Waals surface area contributed by atoms with E-state index in [-0.39, 0.29) is 5.60 Å². The van der Waals surface area contributed by atoms with E-state index in [9.17, 15) is 4.79 Å². The van der Waals surface area contributed by atoms with Gasteiger partial charge in [0.05, 0.1) is 0 Å². The van der Waals surface area contributed by atoms with Crippen molar-refractivity contribution < 1.29 is 9.53 Å². The number of piperidine rings is 1. The van der Waals surface area contributed by atoms with Crippen LogP contribution in [0.2, 0.25) is 0 Å². The van der Waals surface area contributed by atoms with Gasteiger partial charge < -0.3 is 15.0 Å². The number of likely N-dealkylation sites (tertiary alicyclic amines) is 1. The third-order valence-corrected chi connectivity index (χ3v) is 3.99. The quantitative estimate of drug-likeness (QED) is 0.825. The van der Waals surface area contributed by atoms with E-state index in [4.69, 9.17) is 0 Å². The summed E-state index contributed by atoms with van der Waals surface area (Å²) in [5, 5.41) is 12.0. The molecule has 0 aromatic carbocycles. The predicted molar refractivity (Wildman–Crippen MR) is 110 cm³/mol. The third kappa shape index (κ3) is 7.54. The van der Waals surface area contributed by atoms with Crippen LogP contribution < -0.4 is 5.32 Å². The molecule has 3 rings (SSSR count). The van der Waals surface area contributed by atoms with Gasteiger partial charge in [-0.2, -0.15) is 0 Å². The molecule has 27 heavy (non-hydrogen) atoms. The van der Waals surface area contributed by atoms with Crippen molar-refractivity contribution in [3.63, 3.8) is 0 Å². The molecule has 2 aromatic heterocycles. The molecule has 0 radical (unpaired) electrons. The Morgan fingerprint density at radius 1 is 1.30 bits per heavy atom. The van der Waals surface area contributed by atoms with Gasteiger partial charge in [-0.1, -0.05) is 19.9 Å². The minimum Gasteiger partial charge on any atom is -0.462 e. The largest absolute Gasteiger partial charge is 0.462 e. The Balaban J connectivity index is 0.000000346. The molecule has 1 saturated heterocycles. The minimum atomic E-state index is -0.318. The Bertz CT molecular complexity index is 693. The summed E-state index contributed by atoms with van der Waals surface area (Å²) < 4.78 is 6.58. The zero-order chi connectivity index (χ0) is 20.4. The number of carbonyl (C=O) groups excluding carboxylic acids is 1. The number of nitrogens with zero attached hydrogens (tertiary/aromatic N) is 4. The van der Waals surface area contributed by atoms with Gasteiger partial charge in [-0.25, -0.2) is 0 Å². The average Bonchev–Trinajstić information content (AvgIpc) is 3.01. The molecule has 1 N–H and O–H groups in total. The number of aromatic nitrogens is 3. The maximum Gasteiger partial charge on any atom is 0.293 e. The summed E-state index contributed by atoms with van der Waals surface area (Å²) in [6.45, 7) is 14.2. The van der Waals surface area contributed by atoms with Crippen LogP contribution in [0, 0.1) is 6.92 Å². The zero-order valence-electron chi connectivity index (χ0n) is 17.8. The number of hydrogen-bond donors (Lipinski definition) is 1. The maximum absolute atomic E-state index is 9.60. The van der Waals surface area contributed by atoms with Gasteiger partial charge in [-0.05, 0) is 65.8 Å². The Labute approximate surface area is 163 Å². The molecule has 1 aliphatic heterocycles. The van der Waals surface area contributed by atoms with Crippen molar-refractivity contribution in [3.8, 4) is 0 Å². The summed E-state index contributed by atoms with van der Waals surface area (Å²) in [6.07, 6.45) is 4.45. The van der Waals surface area contributed by atoms with Crippen molar-refractivity contribution in [2.45, 2.75) is 66.0 Å². The molecule has 0 spiro atoms. The molecule has 0 bridgehead atoms. The number of hydrogen-bond acceptors (Lipinski definition) is 6. The molecule has 3 heterocycles. The number of anilines is 1. The van der Waals surface area contributed by atoms with E-state index in [2.05, 4.69) is 45.2 Å². The molecule has 0 saturated carbocycles. The lowest BCUT2D eigenvalue weighted by molar-refractivity contribution is -0.138. The van der Waals surface area contributed by atoms with Crippen LogP contribution in [0.15, 0.2) is 18.3 Å². The molecule has 1 aliphatic rings. The van der Waals surface area contributed by atoms with E-state index in [1.54, 1.807) is 0 Å². The smallest absolute Gasteiger partial charge is 0.293 e. The first-order chi connectivity index (χ1) is 12.8. The first-order valence-corrected chi connectivity index (χ1v) is 9.67. The van der Waals surface area contributed by atoms with Crippen molar-refractivity contribution in [2.75, 3.05) is 25.5 Å². The van der Waals surface area contributed by atoms with Gasteiger partial charge >= 0.3 is 0 Å². The molecular formula is C20H35N5O2. The summed E-state index contributed by atoms with van der Waals surface area (Å²) in [7, 11) is 2.17. The van der Waals surface area contributed by atoms with Crippen LogP contribution in [-0.2, 0) is 9.53 Å². The summed E-state index contributed by atoms with van der Waals surface area (Å²) in [6, 6.07) is 4.56. The highest BCUT2D eigenvalue weighted by atomic mass is 16.5. The molecule has 7 nitrogen and oxygen atoms in total. The number of nitrogens with one attached hydrogen (secondary N) is 1. The van der Waals surface area contributed by atoms with Gasteiger partial charge in [0.25, 0.3) is 6.47 Å². The average molecular weight is 378 g/mol. The minimum absolute atomic E-state index is 0.318. The van der Waals surface area contributed by atoms with E-state index in [0.29, 0.717) is 12.5 Å². The van der Waals surface area contributed by atoms with E-state index in [1.165, 1.54) is 19.4 Å². The van der Waals surface area contributed by atoms with Crippen molar-refractivity contribution in [2.24, 2.45) is 0 Å². The van der Waals surface area contributed by atoms with Crippen molar-refractivity contribution in [1.82, 2.24) is 19.5 Å². The fourth-order valence-electron chi connectivity index (χ4n) is 2.76. The van der Waals surface area contributed by atoms with Crippen LogP contribution in [0.1, 0.15) is 53.0 Å². The van der Waals surface area contributed by atoms with Gasteiger partial charge in [0, 0.05) is 18.8 Å². The van der Waals surface area contributed by atoms with Gasteiger partial charge in [0.2, 0.25) is 5.95 Å². The fraction of sp³-hybridized carbons (Fsp3) is 0.650. The van der Waals surface area contributed by atoms with Crippen LogP contribution in [0.3, 0.4) is 0 Å². The van der Waals surface area contributed by atoms with Crippen molar-refractivity contribution in [3.05, 3.63) is 23.9 Å². The van der Waals surface area contributed by atoms with E-state index in [1.807, 2.05) is 51.3 Å². The van der Waals surface area contributed by atoms with E-state index in [0.717, 1.165) is 23.7 Å². The Kier molecular flexibility index (Phi) is 9.21. The first-order valence-electron chi connectivity index (χ1n) is 9.67. The standard InChI is InChI=1S/C13H19N5.C5H10O2.C2H6/c1-10-5-3-8-18-12(10)15-16-13(18)14-11-6-4-7-17(2)9-11;1-5(2,3)7-4-6;1-2/h3,5,8,11H,4,6-7,9H2,1-2H3,(H,14,16);4H,1-3H3;1-2H3. The van der Waals surface area contributed by atoms with Gasteiger partial charge in [-0.15, -0.1) is 10.2 Å². The Morgan fingerprint density at radius 2 is 2.00 bits per heavy atom. The highest BCUT2D eigenvalue weighted by Crippen LogP contribution is 2.16. The molecule has 1 atom stereocenters. The van der Waals surface area contributed by atoms with Crippen LogP contribution >= 0.6 is 0 Å². The maximum atomic E-state index is 9.60. The molecule has 152 valence electrons. The number of ether oxygens (including phenoxy) is 1. The van der Waals surface area contributed by atoms with Crippen LogP contribution in [0.25, 0.3) is 5.65 Å². The second-order valence-corrected chi connectivity index (χ2v) is 7.48. The second-order valence-electron chi connectivity index (χ2n) is 7.48. The van der Waals surface area contributed by atoms with Crippen LogP contribution in [-0.4, -0.2) is 57.8 Å². The molecule has 2 aromatic rings. The number of likely N-dealkylation sites (N-methyl/N-ethyl adjacent to an activating group) is 1. The van der Waals surface area contributed by atoms with Gasteiger partial charge in [0.15, 0.2) is 5.65 Å². The van der Waals surface area contributed by atoms with E-state index >= 15 is 0 Å². The third-order valence-electron chi connectivity index (χ3n) is 3.99. The van der Waals surface area contributed by atoms with Crippen molar-refractivity contribution in [1.29, 1.82) is 0 Å². The van der Waals surface area contributed by atoms with Crippen LogP contribution in [0.5, 0.6) is 0 Å². The Morgan fingerprint density at radius 3 is 2.56 bits per heavy atom. The summed E-state index contributed by atoms with van der Waals surface area (Å²) >= 11 is 0. The zero-order valence-corrected chi connectivity index (χ0v) is 17.8. The second kappa shape index (κ2) is 10.9. The molecule has 1 fully saturated rings. The summed E-state index contributed by atoms with van der Waals surface area (Å²) in [5.41, 5.74) is 1.77. The monoisotopic (exact) mass is 377 g/mol. The van der Waals surface area contributed by atoms with Crippen molar-refractivity contribution >= 4 is 18.1 Å². The molecular weight excluding hydrogens is 342 g/mol. The first kappa shape index (κ1) is 22.9. The number of fused-ring (bicyclic) bond motifs is 1. The lowest BCUT2D eigenvalue weighted by Crippen LogP contribution is -2.40. The number of carbonyl (C=O) groups is 1. The predicted octanol–water partition coefficient (Wildman–Crippen LogP) is 3.53. The highest BCUT2D eigenvalue weighted by Gasteiger charge is 2.18.